The van der Waals surface area contributed by atoms with Crippen LogP contribution >= 0.6 is 0 Å². The number of ether oxygens (including phenoxy) is 2. The second-order valence-corrected chi connectivity index (χ2v) is 17.9. The van der Waals surface area contributed by atoms with Gasteiger partial charge in [-0.3, -0.25) is 0 Å². The fraction of sp³-hybridized carbons (Fsp3) is 0.974. The van der Waals surface area contributed by atoms with E-state index in [1.807, 2.05) is 0 Å². The van der Waals surface area contributed by atoms with Crippen molar-refractivity contribution in [2.75, 3.05) is 33.8 Å². The van der Waals surface area contributed by atoms with Crippen LogP contribution in [0, 0.1) is 52.3 Å². The van der Waals surface area contributed by atoms with Gasteiger partial charge in [-0.25, -0.2) is 4.79 Å². The zero-order chi connectivity index (χ0) is 30.9. The van der Waals surface area contributed by atoms with Crippen LogP contribution in [-0.2, 0) is 9.47 Å². The summed E-state index contributed by atoms with van der Waals surface area (Å²) in [7, 11) is 4.24. The van der Waals surface area contributed by atoms with Crippen LogP contribution in [0.5, 0.6) is 0 Å². The summed E-state index contributed by atoms with van der Waals surface area (Å²) in [4.78, 5) is 18.2. The van der Waals surface area contributed by atoms with Crippen molar-refractivity contribution in [2.45, 2.75) is 148 Å². The van der Waals surface area contributed by atoms with E-state index in [1.54, 1.807) is 0 Å². The van der Waals surface area contributed by atoms with Gasteiger partial charge in [0.05, 0.1) is 12.7 Å². The highest BCUT2D eigenvalue weighted by Crippen LogP contribution is 2.71. The summed E-state index contributed by atoms with van der Waals surface area (Å²) in [6.45, 7) is 12.8. The van der Waals surface area contributed by atoms with E-state index in [4.69, 9.17) is 9.47 Å². The quantitative estimate of drug-likeness (QED) is 0.346. The lowest BCUT2D eigenvalue weighted by Crippen LogP contribution is -2.57. The van der Waals surface area contributed by atoms with Crippen LogP contribution in [0.2, 0.25) is 0 Å². The molecule has 0 radical (unpaired) electrons. The molecule has 1 spiro atoms. The highest BCUT2D eigenvalue weighted by Gasteiger charge is 2.69. The number of carbonyl (C=O) groups excluding carboxylic acids is 1. The van der Waals surface area contributed by atoms with Crippen molar-refractivity contribution >= 4 is 6.03 Å². The highest BCUT2D eigenvalue weighted by atomic mass is 16.7. The zero-order valence-electron chi connectivity index (χ0n) is 29.1. The summed E-state index contributed by atoms with van der Waals surface area (Å²) in [5, 5.41) is 3.61. The van der Waals surface area contributed by atoms with E-state index in [2.05, 4.69) is 56.9 Å². The van der Waals surface area contributed by atoms with Crippen molar-refractivity contribution in [3.8, 4) is 0 Å². The van der Waals surface area contributed by atoms with E-state index in [1.165, 1.54) is 83.5 Å². The maximum atomic E-state index is 13.8. The molecule has 5 aliphatic carbocycles. The molecule has 1 unspecified atom stereocenters. The van der Waals surface area contributed by atoms with Crippen molar-refractivity contribution in [3.63, 3.8) is 0 Å². The first-order valence-corrected chi connectivity index (χ1v) is 19.1. The van der Waals surface area contributed by atoms with E-state index in [9.17, 15) is 4.79 Å². The minimum absolute atomic E-state index is 0.218. The van der Waals surface area contributed by atoms with Crippen LogP contribution in [0.4, 0.5) is 4.79 Å². The molecule has 1 N–H and O–H groups in total. The number of rotatable bonds is 5. The molecule has 2 aliphatic heterocycles. The lowest BCUT2D eigenvalue weighted by Gasteiger charge is -2.61. The number of fused-ring (bicyclic) bond motifs is 7. The topological polar surface area (TPSA) is 54.0 Å². The molecule has 6 nitrogen and oxygen atoms in total. The van der Waals surface area contributed by atoms with E-state index in [0.29, 0.717) is 46.8 Å². The second-order valence-electron chi connectivity index (χ2n) is 17.9. The minimum atomic E-state index is -0.307. The van der Waals surface area contributed by atoms with Gasteiger partial charge in [0, 0.05) is 37.5 Å². The van der Waals surface area contributed by atoms with Gasteiger partial charge in [-0.2, -0.15) is 0 Å². The molecule has 7 aliphatic rings. The van der Waals surface area contributed by atoms with Crippen molar-refractivity contribution < 1.29 is 14.3 Å². The number of urea groups is 1. The molecule has 7 fully saturated rings. The standard InChI is InChI=1S/C38H65N3O3/c1-25-14-19-38(43-24-25)26(2)34-33(44-38)23-32-30-13-12-27-22-28(15-17-36(27,3)31(30)16-18-37(32,34)4)39-35(42)41(21-20-40(5)6)29-10-8-7-9-11-29/h25-34H,7-24H2,1-6H3,(H,39,42)/t25-,26-,27+,28+,30+,31-,32-,33-,34?,36-,37-,38+/m0/s1. The van der Waals surface area contributed by atoms with Gasteiger partial charge < -0.3 is 24.6 Å². The fourth-order valence-electron chi connectivity index (χ4n) is 12.8. The summed E-state index contributed by atoms with van der Waals surface area (Å²) in [6.07, 6.45) is 19.3. The maximum Gasteiger partial charge on any atom is 0.317 e. The third-order valence-electron chi connectivity index (χ3n) is 15.3. The average molecular weight is 612 g/mol. The van der Waals surface area contributed by atoms with Gasteiger partial charge >= 0.3 is 6.03 Å². The zero-order valence-corrected chi connectivity index (χ0v) is 29.1. The van der Waals surface area contributed by atoms with E-state index in [0.717, 1.165) is 56.2 Å². The number of nitrogens with one attached hydrogen (secondary N) is 1. The number of hydrogen-bond acceptors (Lipinski definition) is 4. The average Bonchev–Trinajstić information content (AvgIpc) is 3.45. The molecule has 250 valence electrons. The van der Waals surface area contributed by atoms with Crippen LogP contribution < -0.4 is 5.32 Å². The van der Waals surface area contributed by atoms with Crippen molar-refractivity contribution in [3.05, 3.63) is 0 Å². The Morgan fingerprint density at radius 3 is 2.34 bits per heavy atom. The Labute approximate surface area is 269 Å². The van der Waals surface area contributed by atoms with Crippen LogP contribution in [0.15, 0.2) is 0 Å². The predicted molar refractivity (Wildman–Crippen MR) is 176 cm³/mol. The molecular formula is C38H65N3O3. The molecule has 7 rings (SSSR count). The summed E-state index contributed by atoms with van der Waals surface area (Å²) >= 11 is 0. The monoisotopic (exact) mass is 612 g/mol. The molecule has 2 amide bonds. The molecule has 44 heavy (non-hydrogen) atoms. The Morgan fingerprint density at radius 2 is 1.61 bits per heavy atom. The van der Waals surface area contributed by atoms with E-state index < -0.39 is 0 Å². The number of hydrogen-bond donors (Lipinski definition) is 1. The number of likely N-dealkylation sites (N-methyl/N-ethyl adjacent to an activating group) is 1. The summed E-state index contributed by atoms with van der Waals surface area (Å²) in [5.74, 6) is 4.74. The Balaban J connectivity index is 1.00. The number of carbonyl (C=O) groups is 1. The molecule has 12 atom stereocenters. The van der Waals surface area contributed by atoms with Crippen molar-refractivity contribution in [2.24, 2.45) is 52.3 Å². The van der Waals surface area contributed by atoms with Gasteiger partial charge in [0.2, 0.25) is 0 Å². The van der Waals surface area contributed by atoms with Gasteiger partial charge in [-0.15, -0.1) is 0 Å². The van der Waals surface area contributed by atoms with Gasteiger partial charge in [-0.1, -0.05) is 47.0 Å². The number of nitrogens with zero attached hydrogens (tertiary/aromatic N) is 2. The van der Waals surface area contributed by atoms with E-state index in [-0.39, 0.29) is 11.8 Å². The molecule has 0 aromatic heterocycles. The fourth-order valence-corrected chi connectivity index (χ4v) is 12.8. The largest absolute Gasteiger partial charge is 0.349 e. The molecule has 2 saturated heterocycles. The molecular weight excluding hydrogens is 546 g/mol. The van der Waals surface area contributed by atoms with Crippen LogP contribution in [0.3, 0.4) is 0 Å². The lowest BCUT2D eigenvalue weighted by atomic mass is 9.44. The molecule has 0 aromatic carbocycles. The number of amides is 2. The van der Waals surface area contributed by atoms with Crippen LogP contribution in [0.1, 0.15) is 124 Å². The van der Waals surface area contributed by atoms with Gasteiger partial charge in [-0.05, 0) is 131 Å². The molecule has 2 heterocycles. The predicted octanol–water partition coefficient (Wildman–Crippen LogP) is 7.71. The lowest BCUT2D eigenvalue weighted by molar-refractivity contribution is -0.273. The Kier molecular flexibility index (Phi) is 8.65. The van der Waals surface area contributed by atoms with Crippen molar-refractivity contribution in [1.29, 1.82) is 0 Å². The van der Waals surface area contributed by atoms with Crippen molar-refractivity contribution in [1.82, 2.24) is 15.1 Å². The molecule has 6 heteroatoms. The second kappa shape index (κ2) is 12.0. The Bertz CT molecular complexity index is 1040. The first kappa shape index (κ1) is 31.7. The van der Waals surface area contributed by atoms with Gasteiger partial charge in [0.1, 0.15) is 0 Å². The third-order valence-corrected chi connectivity index (χ3v) is 15.3. The normalized spacial score (nSPS) is 48.8. The maximum absolute atomic E-state index is 13.8. The van der Waals surface area contributed by atoms with Crippen LogP contribution in [-0.4, -0.2) is 73.6 Å². The Morgan fingerprint density at radius 1 is 0.841 bits per heavy atom. The first-order chi connectivity index (χ1) is 21.0. The highest BCUT2D eigenvalue weighted by molar-refractivity contribution is 5.75. The minimum Gasteiger partial charge on any atom is -0.349 e. The Hall–Kier alpha value is -0.850. The van der Waals surface area contributed by atoms with Gasteiger partial charge in [0.15, 0.2) is 5.79 Å². The molecule has 5 saturated carbocycles. The van der Waals surface area contributed by atoms with Gasteiger partial charge in [0.25, 0.3) is 0 Å². The summed E-state index contributed by atoms with van der Waals surface area (Å²) < 4.78 is 13.6. The first-order valence-electron chi connectivity index (χ1n) is 19.1. The SMILES string of the molecule is C[C@H]1CC[C@@]2(OC1)O[C@H]1C[C@H]3[C@@H]4CC[C@@H]5C[C@H](NC(=O)N(CCN(C)C)C6CCCCC6)CC[C@]5(C)[C@H]4CC[C@]3(C)C1[C@@H]2C. The summed E-state index contributed by atoms with van der Waals surface area (Å²) in [5.41, 5.74) is 0.818. The molecule has 0 aromatic rings. The third kappa shape index (κ3) is 5.27. The van der Waals surface area contributed by atoms with E-state index >= 15 is 0 Å². The molecule has 0 bridgehead atoms. The smallest absolute Gasteiger partial charge is 0.317 e. The van der Waals surface area contributed by atoms with Crippen LogP contribution in [0.25, 0.3) is 0 Å². The summed E-state index contributed by atoms with van der Waals surface area (Å²) in [6, 6.07) is 0.978.